The van der Waals surface area contributed by atoms with Crippen LogP contribution in [0.5, 0.6) is 0 Å². The van der Waals surface area contributed by atoms with Gasteiger partial charge in [-0.3, -0.25) is 5.10 Å². The Labute approximate surface area is 71.0 Å². The summed E-state index contributed by atoms with van der Waals surface area (Å²) in [6, 6.07) is 0. The van der Waals surface area contributed by atoms with Gasteiger partial charge in [0.05, 0.1) is 5.69 Å². The van der Waals surface area contributed by atoms with E-state index in [1.54, 1.807) is 0 Å². The van der Waals surface area contributed by atoms with Gasteiger partial charge >= 0.3 is 0 Å². The van der Waals surface area contributed by atoms with Crippen LogP contribution in [-0.4, -0.2) is 15.4 Å². The first-order valence-corrected chi connectivity index (χ1v) is 3.73. The van der Waals surface area contributed by atoms with E-state index >= 15 is 0 Å². The van der Waals surface area contributed by atoms with Gasteiger partial charge in [0.2, 0.25) is 0 Å². The zero-order chi connectivity index (χ0) is 8.27. The van der Waals surface area contributed by atoms with Gasteiger partial charge in [-0.1, -0.05) is 12.1 Å². The quantitative estimate of drug-likeness (QED) is 0.513. The van der Waals surface area contributed by atoms with E-state index in [0.717, 1.165) is 5.69 Å². The molecule has 1 aromatic heterocycles. The van der Waals surface area contributed by atoms with Crippen LogP contribution >= 0.6 is 12.6 Å². The summed E-state index contributed by atoms with van der Waals surface area (Å²) in [5.74, 6) is 2.80. The van der Waals surface area contributed by atoms with Crippen LogP contribution in [0.2, 0.25) is 0 Å². The lowest BCUT2D eigenvalue weighted by atomic mass is 10.1. The molecule has 58 valence electrons. The SMILES string of the molecule is C#CCC(C)c1nn[nH]c1S. The van der Waals surface area contributed by atoms with E-state index in [1.807, 2.05) is 6.92 Å². The van der Waals surface area contributed by atoms with Crippen molar-refractivity contribution in [3.63, 3.8) is 0 Å². The van der Waals surface area contributed by atoms with E-state index in [-0.39, 0.29) is 5.92 Å². The predicted molar refractivity (Wildman–Crippen MR) is 45.5 cm³/mol. The maximum Gasteiger partial charge on any atom is 0.112 e. The largest absolute Gasteiger partial charge is 0.252 e. The number of nitrogens with zero attached hydrogens (tertiary/aromatic N) is 2. The third-order valence-electron chi connectivity index (χ3n) is 1.45. The molecule has 1 unspecified atom stereocenters. The highest BCUT2D eigenvalue weighted by atomic mass is 32.1. The number of nitrogens with one attached hydrogen (secondary N) is 1. The highest BCUT2D eigenvalue weighted by molar-refractivity contribution is 7.80. The molecule has 0 aliphatic rings. The highest BCUT2D eigenvalue weighted by Crippen LogP contribution is 2.20. The van der Waals surface area contributed by atoms with Crippen molar-refractivity contribution in [3.05, 3.63) is 5.69 Å². The minimum absolute atomic E-state index is 0.228. The molecule has 0 saturated heterocycles. The van der Waals surface area contributed by atoms with Gasteiger partial charge in [-0.2, -0.15) is 0 Å². The monoisotopic (exact) mass is 167 g/mol. The number of H-pyrrole nitrogens is 1. The average Bonchev–Trinajstić information content (AvgIpc) is 2.36. The normalized spacial score (nSPS) is 12.5. The van der Waals surface area contributed by atoms with Crippen molar-refractivity contribution in [2.45, 2.75) is 24.3 Å². The standard InChI is InChI=1S/C7H9N3S/c1-3-4-5(2)6-7(11)9-10-8-6/h1,5H,4H2,2H3,(H2,8,9,10,11). The average molecular weight is 167 g/mol. The number of thiol groups is 1. The summed E-state index contributed by atoms with van der Waals surface area (Å²) in [6.45, 7) is 2.00. The Balaban J connectivity index is 2.77. The fourth-order valence-corrected chi connectivity index (χ4v) is 1.15. The first-order chi connectivity index (χ1) is 5.25. The molecule has 0 aromatic carbocycles. The van der Waals surface area contributed by atoms with Crippen LogP contribution < -0.4 is 0 Å². The molecule has 11 heavy (non-hydrogen) atoms. The molecule has 0 radical (unpaired) electrons. The first-order valence-electron chi connectivity index (χ1n) is 3.29. The Hall–Kier alpha value is -0.950. The summed E-state index contributed by atoms with van der Waals surface area (Å²) >= 11 is 4.13. The number of hydrogen-bond donors (Lipinski definition) is 2. The summed E-state index contributed by atoms with van der Waals surface area (Å²) < 4.78 is 0. The number of terminal acetylenes is 1. The molecule has 1 heterocycles. The summed E-state index contributed by atoms with van der Waals surface area (Å²) in [4.78, 5) is 0. The summed E-state index contributed by atoms with van der Waals surface area (Å²) in [5, 5.41) is 10.8. The molecule has 1 N–H and O–H groups in total. The molecule has 0 saturated carbocycles. The zero-order valence-corrected chi connectivity index (χ0v) is 7.10. The third-order valence-corrected chi connectivity index (χ3v) is 1.78. The zero-order valence-electron chi connectivity index (χ0n) is 6.20. The fourth-order valence-electron chi connectivity index (χ4n) is 0.836. The molecule has 4 heteroatoms. The minimum atomic E-state index is 0.228. The van der Waals surface area contributed by atoms with Crippen molar-refractivity contribution >= 4 is 12.6 Å². The molecule has 3 nitrogen and oxygen atoms in total. The molecule has 0 amide bonds. The third kappa shape index (κ3) is 1.75. The maximum atomic E-state index is 5.15. The van der Waals surface area contributed by atoms with Crippen LogP contribution in [0, 0.1) is 12.3 Å². The van der Waals surface area contributed by atoms with Gasteiger partial charge in [0.15, 0.2) is 0 Å². The van der Waals surface area contributed by atoms with Crippen LogP contribution in [0.25, 0.3) is 0 Å². The van der Waals surface area contributed by atoms with Gasteiger partial charge in [-0.15, -0.1) is 30.1 Å². The van der Waals surface area contributed by atoms with Gasteiger partial charge in [-0.25, -0.2) is 0 Å². The maximum absolute atomic E-state index is 5.15. The number of aromatic amines is 1. The van der Waals surface area contributed by atoms with E-state index < -0.39 is 0 Å². The first kappa shape index (κ1) is 8.15. The number of aromatic nitrogens is 3. The van der Waals surface area contributed by atoms with Gasteiger partial charge in [0.25, 0.3) is 0 Å². The van der Waals surface area contributed by atoms with Crippen molar-refractivity contribution in [1.82, 2.24) is 15.4 Å². The van der Waals surface area contributed by atoms with E-state index in [0.29, 0.717) is 11.4 Å². The highest BCUT2D eigenvalue weighted by Gasteiger charge is 2.10. The van der Waals surface area contributed by atoms with Crippen molar-refractivity contribution in [3.8, 4) is 12.3 Å². The minimum Gasteiger partial charge on any atom is -0.252 e. The fraction of sp³-hybridized carbons (Fsp3) is 0.429. The molecule has 1 aromatic rings. The number of hydrogen-bond acceptors (Lipinski definition) is 3. The Morgan fingerprint density at radius 3 is 3.00 bits per heavy atom. The molecule has 0 aliphatic carbocycles. The van der Waals surface area contributed by atoms with Crippen LogP contribution in [0.4, 0.5) is 0 Å². The van der Waals surface area contributed by atoms with Gasteiger partial charge in [0.1, 0.15) is 5.03 Å². The van der Waals surface area contributed by atoms with Crippen molar-refractivity contribution < 1.29 is 0 Å². The second-order valence-corrected chi connectivity index (χ2v) is 2.80. The summed E-state index contributed by atoms with van der Waals surface area (Å²) in [7, 11) is 0. The lowest BCUT2D eigenvalue weighted by Crippen LogP contribution is -1.93. The Bertz CT molecular complexity index is 273. The molecular weight excluding hydrogens is 158 g/mol. The van der Waals surface area contributed by atoms with Gasteiger partial charge in [0, 0.05) is 12.3 Å². The smallest absolute Gasteiger partial charge is 0.112 e. The van der Waals surface area contributed by atoms with Gasteiger partial charge in [-0.05, 0) is 0 Å². The van der Waals surface area contributed by atoms with Crippen molar-refractivity contribution in [1.29, 1.82) is 0 Å². The van der Waals surface area contributed by atoms with Crippen LogP contribution in [0.15, 0.2) is 5.03 Å². The Morgan fingerprint density at radius 2 is 2.55 bits per heavy atom. The molecule has 0 aliphatic heterocycles. The summed E-state index contributed by atoms with van der Waals surface area (Å²) in [6.07, 6.45) is 5.82. The molecular formula is C7H9N3S. The van der Waals surface area contributed by atoms with Crippen molar-refractivity contribution in [2.75, 3.05) is 0 Å². The van der Waals surface area contributed by atoms with E-state index in [2.05, 4.69) is 34.0 Å². The van der Waals surface area contributed by atoms with Crippen LogP contribution in [0.3, 0.4) is 0 Å². The van der Waals surface area contributed by atoms with Crippen LogP contribution in [-0.2, 0) is 0 Å². The lowest BCUT2D eigenvalue weighted by molar-refractivity contribution is 0.741. The molecule has 0 spiro atoms. The second kappa shape index (κ2) is 3.44. The number of rotatable bonds is 2. The van der Waals surface area contributed by atoms with Crippen molar-refractivity contribution in [2.24, 2.45) is 0 Å². The second-order valence-electron chi connectivity index (χ2n) is 2.35. The van der Waals surface area contributed by atoms with Gasteiger partial charge < -0.3 is 0 Å². The molecule has 0 bridgehead atoms. The molecule has 1 rings (SSSR count). The molecule has 0 fully saturated rings. The Morgan fingerprint density at radius 1 is 1.82 bits per heavy atom. The van der Waals surface area contributed by atoms with E-state index in [1.165, 1.54) is 0 Å². The van der Waals surface area contributed by atoms with E-state index in [9.17, 15) is 0 Å². The van der Waals surface area contributed by atoms with E-state index in [4.69, 9.17) is 6.42 Å². The molecule has 1 atom stereocenters. The van der Waals surface area contributed by atoms with Crippen LogP contribution in [0.1, 0.15) is 25.0 Å². The topological polar surface area (TPSA) is 41.6 Å². The summed E-state index contributed by atoms with van der Waals surface area (Å²) in [5.41, 5.74) is 0.839. The Kier molecular flexibility index (Phi) is 2.55. The lowest BCUT2D eigenvalue weighted by Gasteiger charge is -2.01. The predicted octanol–water partition coefficient (Wildman–Crippen LogP) is 1.22.